The van der Waals surface area contributed by atoms with Crippen LogP contribution in [0.4, 0.5) is 0 Å². The van der Waals surface area contributed by atoms with Gasteiger partial charge < -0.3 is 53.0 Å². The molecule has 0 aromatic heterocycles. The molecule has 6 aliphatic heterocycles. The topological polar surface area (TPSA) is 172 Å². The number of esters is 1. The number of aliphatic hydroxyl groups excluding tert-OH is 2. The number of hydrogen-bond donors (Lipinski definition) is 2. The number of carbonyl (C=O) groups is 3. The second-order valence-electron chi connectivity index (χ2n) is 22.2. The van der Waals surface area contributed by atoms with E-state index in [1.54, 1.807) is 26.8 Å². The molecule has 3 saturated carbocycles. The van der Waals surface area contributed by atoms with Crippen molar-refractivity contribution in [1.29, 1.82) is 0 Å². The van der Waals surface area contributed by atoms with E-state index in [-0.39, 0.29) is 41.7 Å². The van der Waals surface area contributed by atoms with E-state index in [9.17, 15) is 15.0 Å². The van der Waals surface area contributed by atoms with Gasteiger partial charge in [-0.1, -0.05) is 29.4 Å². The standard InChI is InChI=1S/C53H72N2O13/c1-28(2)14-13-19-51(10)20-18-32-42(66-51)31(16-15-29(3)4)44-36(43(32)64-48-41(58)40(57)45-34(63-48)27-62-50(8,9)65-45)39(56)37-38(55-24-22-54(11)23-25-55)33-26-35-49(6,7)68-52(46(33)59,53(35,37)67-44)21-17-30(5)47(60)61-12/h14-15,17-18,20,33-35,37-38,40-41,45,48,57-58H,13,16,19,21-27H2,1-12H3/t33?,34-,35?,37?,38?,40-,41-,45-,48+,51?,52?,53?/m0/s1. The van der Waals surface area contributed by atoms with Crippen molar-refractivity contribution < 1.29 is 62.5 Å². The number of benzene rings is 1. The lowest BCUT2D eigenvalue weighted by atomic mass is 9.44. The molecule has 6 heterocycles. The summed E-state index contributed by atoms with van der Waals surface area (Å²) in [6.07, 6.45) is 5.70. The van der Waals surface area contributed by atoms with Gasteiger partial charge in [-0.25, -0.2) is 4.79 Å². The van der Waals surface area contributed by atoms with E-state index in [2.05, 4.69) is 42.8 Å². The molecule has 10 rings (SSSR count). The molecule has 4 saturated heterocycles. The number of methoxy groups -OCH3 is 1. The van der Waals surface area contributed by atoms with Crippen molar-refractivity contribution in [3.63, 3.8) is 0 Å². The van der Waals surface area contributed by atoms with Gasteiger partial charge in [0.25, 0.3) is 0 Å². The molecule has 1 spiro atoms. The number of fused-ring (bicyclic) bond motifs is 3. The lowest BCUT2D eigenvalue weighted by Gasteiger charge is -2.65. The summed E-state index contributed by atoms with van der Waals surface area (Å²) in [5.74, 6) is -3.23. The summed E-state index contributed by atoms with van der Waals surface area (Å²) in [5.41, 5.74) is -1.23. The number of ketones is 2. The van der Waals surface area contributed by atoms with Crippen molar-refractivity contribution in [1.82, 2.24) is 9.80 Å². The van der Waals surface area contributed by atoms with E-state index in [4.69, 9.17) is 37.9 Å². The molecular formula is C53H72N2O13. The molecule has 7 fully saturated rings. The second kappa shape index (κ2) is 17.4. The molecule has 12 atom stereocenters. The van der Waals surface area contributed by atoms with Crippen molar-refractivity contribution >= 4 is 23.6 Å². The maximum Gasteiger partial charge on any atom is 0.333 e. The molecule has 0 radical (unpaired) electrons. The van der Waals surface area contributed by atoms with Gasteiger partial charge in [0.15, 0.2) is 28.6 Å². The zero-order valence-corrected chi connectivity index (χ0v) is 41.9. The average molecular weight is 945 g/mol. The van der Waals surface area contributed by atoms with Crippen LogP contribution in [0.15, 0.2) is 41.0 Å². The summed E-state index contributed by atoms with van der Waals surface area (Å²) < 4.78 is 52.7. The predicted molar refractivity (Wildman–Crippen MR) is 251 cm³/mol. The van der Waals surface area contributed by atoms with Crippen LogP contribution in [0, 0.1) is 17.8 Å². The molecular weight excluding hydrogens is 873 g/mol. The number of piperazine rings is 1. The van der Waals surface area contributed by atoms with Gasteiger partial charge >= 0.3 is 5.97 Å². The molecule has 1 aromatic rings. The Morgan fingerprint density at radius 3 is 2.31 bits per heavy atom. The van der Waals surface area contributed by atoms with Crippen molar-refractivity contribution in [2.24, 2.45) is 17.8 Å². The minimum absolute atomic E-state index is 0.0272. The molecule has 1 aromatic carbocycles. The van der Waals surface area contributed by atoms with E-state index in [1.807, 2.05) is 46.8 Å². The third kappa shape index (κ3) is 7.82. The Labute approximate surface area is 400 Å². The lowest BCUT2D eigenvalue weighted by Crippen LogP contribution is -2.82. The number of likely N-dealkylation sites (N-methyl/N-ethyl adjacent to an activating group) is 1. The third-order valence-electron chi connectivity index (χ3n) is 16.1. The number of rotatable bonds is 11. The van der Waals surface area contributed by atoms with Gasteiger partial charge in [0.05, 0.1) is 30.8 Å². The Morgan fingerprint density at radius 1 is 0.926 bits per heavy atom. The molecule has 3 aliphatic carbocycles. The minimum Gasteiger partial charge on any atom is -0.482 e. The maximum absolute atomic E-state index is 16.7. The van der Waals surface area contributed by atoms with E-state index >= 15 is 9.59 Å². The first-order valence-electron chi connectivity index (χ1n) is 24.5. The van der Waals surface area contributed by atoms with E-state index < -0.39 is 88.7 Å². The van der Waals surface area contributed by atoms with Gasteiger partial charge in [0, 0.05) is 61.6 Å². The van der Waals surface area contributed by atoms with Crippen LogP contribution in [0.1, 0.15) is 116 Å². The lowest BCUT2D eigenvalue weighted by molar-refractivity contribution is -0.373. The molecule has 2 N–H and O–H groups in total. The number of carbonyl (C=O) groups excluding carboxylic acids is 3. The van der Waals surface area contributed by atoms with E-state index in [0.29, 0.717) is 54.8 Å². The smallest absolute Gasteiger partial charge is 0.333 e. The molecule has 15 nitrogen and oxygen atoms in total. The zero-order valence-electron chi connectivity index (χ0n) is 41.9. The number of nitrogens with zero attached hydrogens (tertiary/aromatic N) is 2. The summed E-state index contributed by atoms with van der Waals surface area (Å²) in [7, 11) is 3.39. The van der Waals surface area contributed by atoms with E-state index in [0.717, 1.165) is 25.1 Å². The molecule has 15 heteroatoms. The minimum atomic E-state index is -1.68. The van der Waals surface area contributed by atoms with Crippen molar-refractivity contribution in [3.05, 3.63) is 57.7 Å². The number of allylic oxidation sites excluding steroid dienone is 4. The third-order valence-corrected chi connectivity index (χ3v) is 16.1. The quantitative estimate of drug-likeness (QED) is 0.152. The fourth-order valence-electron chi connectivity index (χ4n) is 12.7. The summed E-state index contributed by atoms with van der Waals surface area (Å²) >= 11 is 0. The summed E-state index contributed by atoms with van der Waals surface area (Å²) in [5, 5.41) is 23.5. The van der Waals surface area contributed by atoms with Gasteiger partial charge in [-0.3, -0.25) is 14.5 Å². The summed E-state index contributed by atoms with van der Waals surface area (Å²) in [4.78, 5) is 49.9. The molecule has 0 amide bonds. The largest absolute Gasteiger partial charge is 0.482 e. The fraction of sp³-hybridized carbons (Fsp3) is 0.679. The highest BCUT2D eigenvalue weighted by atomic mass is 16.8. The summed E-state index contributed by atoms with van der Waals surface area (Å²) in [6.45, 7) is 22.0. The van der Waals surface area contributed by atoms with E-state index in [1.165, 1.54) is 12.7 Å². The highest BCUT2D eigenvalue weighted by Gasteiger charge is 2.86. The monoisotopic (exact) mass is 945 g/mol. The number of ether oxygens (including phenoxy) is 8. The van der Waals surface area contributed by atoms with Gasteiger partial charge in [-0.2, -0.15) is 0 Å². The molecule has 372 valence electrons. The van der Waals surface area contributed by atoms with Gasteiger partial charge in [-0.15, -0.1) is 0 Å². The first kappa shape index (κ1) is 49.1. The van der Waals surface area contributed by atoms with Crippen LogP contribution in [0.2, 0.25) is 0 Å². The predicted octanol–water partition coefficient (Wildman–Crippen LogP) is 5.90. The normalized spacial score (nSPS) is 37.7. The second-order valence-corrected chi connectivity index (χ2v) is 22.2. The SMILES string of the molecule is COC(=O)C(C)=CCC12OC(C)(C)C3CC(C1=O)C(N1CCN(C)CC1)C1C(=O)c4c(O[C@H]5O[C@H]6COC(C)(C)O[C@@H]6[C@@H](O)[C@@H]5O)c5c(c(CC=C(C)C)c4OC132)OC(C)(CCC=C(C)C)C=C5. The Hall–Kier alpha value is -3.93. The van der Waals surface area contributed by atoms with Crippen LogP contribution in [-0.4, -0.2) is 149 Å². The van der Waals surface area contributed by atoms with Crippen molar-refractivity contribution in [2.45, 2.75) is 166 Å². The Kier molecular flexibility index (Phi) is 12.6. The van der Waals surface area contributed by atoms with Crippen LogP contribution in [0.5, 0.6) is 17.2 Å². The zero-order chi connectivity index (χ0) is 49.0. The Bertz CT molecular complexity index is 2350. The van der Waals surface area contributed by atoms with Crippen LogP contribution in [-0.2, 0) is 39.7 Å². The van der Waals surface area contributed by atoms with Gasteiger partial charge in [0.2, 0.25) is 6.29 Å². The highest BCUT2D eigenvalue weighted by Crippen LogP contribution is 2.71. The first-order chi connectivity index (χ1) is 32.0. The maximum atomic E-state index is 16.7. The molecule has 68 heavy (non-hydrogen) atoms. The molecule has 9 aliphatic rings. The highest BCUT2D eigenvalue weighted by molar-refractivity contribution is 6.10. The fourth-order valence-corrected chi connectivity index (χ4v) is 12.7. The Balaban J connectivity index is 1.29. The van der Waals surface area contributed by atoms with Crippen LogP contribution >= 0.6 is 0 Å². The van der Waals surface area contributed by atoms with Crippen LogP contribution < -0.4 is 14.2 Å². The average Bonchev–Trinajstić information content (AvgIpc) is 3.42. The molecule has 4 bridgehead atoms. The molecule has 7 unspecified atom stereocenters. The first-order valence-corrected chi connectivity index (χ1v) is 24.5. The van der Waals surface area contributed by atoms with Crippen molar-refractivity contribution in [3.8, 4) is 17.2 Å². The Morgan fingerprint density at radius 2 is 1.63 bits per heavy atom. The number of aliphatic hydroxyl groups is 2. The van der Waals surface area contributed by atoms with Gasteiger partial charge in [-0.05, 0) is 114 Å². The van der Waals surface area contributed by atoms with Crippen LogP contribution in [0.3, 0.4) is 0 Å². The van der Waals surface area contributed by atoms with Crippen LogP contribution in [0.25, 0.3) is 6.08 Å². The summed E-state index contributed by atoms with van der Waals surface area (Å²) in [6, 6.07) is -0.557. The number of Topliss-reactive ketones (excluding diaryl/α,β-unsaturated/α-hetero) is 2. The van der Waals surface area contributed by atoms with Crippen molar-refractivity contribution in [2.75, 3.05) is 46.9 Å². The van der Waals surface area contributed by atoms with Gasteiger partial charge in [0.1, 0.15) is 52.8 Å². The number of hydrogen-bond acceptors (Lipinski definition) is 15.